The van der Waals surface area contributed by atoms with Gasteiger partial charge in [0.15, 0.2) is 0 Å². The van der Waals surface area contributed by atoms with Crippen LogP contribution in [0.25, 0.3) is 0 Å². The van der Waals surface area contributed by atoms with Crippen LogP contribution >= 0.6 is 0 Å². The molecule has 2 nitrogen and oxygen atoms in total. The Morgan fingerprint density at radius 2 is 1.89 bits per heavy atom. The molecule has 1 fully saturated rings. The first-order valence-electron chi connectivity index (χ1n) is 8.06. The maximum Gasteiger partial charge on any atom is 0.0329 e. The molecule has 0 aromatic heterocycles. The van der Waals surface area contributed by atoms with Crippen molar-refractivity contribution in [3.8, 4) is 0 Å². The van der Waals surface area contributed by atoms with E-state index in [9.17, 15) is 0 Å². The molecule has 1 heterocycles. The van der Waals surface area contributed by atoms with Gasteiger partial charge in [-0.3, -0.25) is 4.90 Å². The Balaban J connectivity index is 2.59. The van der Waals surface area contributed by atoms with E-state index in [0.717, 1.165) is 5.92 Å². The van der Waals surface area contributed by atoms with Crippen molar-refractivity contribution in [3.63, 3.8) is 0 Å². The van der Waals surface area contributed by atoms with Gasteiger partial charge in [0.2, 0.25) is 0 Å². The molecule has 0 aromatic carbocycles. The van der Waals surface area contributed by atoms with Crippen LogP contribution < -0.4 is 5.32 Å². The van der Waals surface area contributed by atoms with E-state index in [1.54, 1.807) is 0 Å². The third kappa shape index (κ3) is 3.96. The largest absolute Gasteiger partial charge is 0.311 e. The molecule has 0 bridgehead atoms. The van der Waals surface area contributed by atoms with Crippen LogP contribution in [0.5, 0.6) is 0 Å². The van der Waals surface area contributed by atoms with E-state index < -0.39 is 0 Å². The molecule has 18 heavy (non-hydrogen) atoms. The first kappa shape index (κ1) is 16.0. The first-order chi connectivity index (χ1) is 8.57. The van der Waals surface area contributed by atoms with Crippen LogP contribution in [-0.4, -0.2) is 36.1 Å². The van der Waals surface area contributed by atoms with E-state index in [0.29, 0.717) is 11.6 Å². The van der Waals surface area contributed by atoms with Gasteiger partial charge in [-0.25, -0.2) is 0 Å². The molecule has 1 N–H and O–H groups in total. The molecule has 0 aromatic rings. The minimum absolute atomic E-state index is 0.419. The summed E-state index contributed by atoms with van der Waals surface area (Å²) in [5.41, 5.74) is 0.419. The predicted molar refractivity (Wildman–Crippen MR) is 81.0 cm³/mol. The lowest BCUT2D eigenvalue weighted by Gasteiger charge is -2.50. The van der Waals surface area contributed by atoms with Gasteiger partial charge in [0.25, 0.3) is 0 Å². The molecule has 1 atom stereocenters. The van der Waals surface area contributed by atoms with E-state index in [2.05, 4.69) is 44.8 Å². The molecule has 1 unspecified atom stereocenters. The number of piperazine rings is 1. The number of nitrogens with one attached hydrogen (secondary N) is 1. The van der Waals surface area contributed by atoms with Crippen LogP contribution in [0.2, 0.25) is 0 Å². The normalized spacial score (nSPS) is 24.7. The first-order valence-corrected chi connectivity index (χ1v) is 8.06. The zero-order chi connectivity index (χ0) is 13.6. The average molecular weight is 254 g/mol. The molecule has 108 valence electrons. The maximum absolute atomic E-state index is 3.75. The van der Waals surface area contributed by atoms with E-state index >= 15 is 0 Å². The van der Waals surface area contributed by atoms with Crippen molar-refractivity contribution in [1.82, 2.24) is 10.2 Å². The third-order valence-electron chi connectivity index (χ3n) is 4.85. The highest BCUT2D eigenvalue weighted by Crippen LogP contribution is 2.28. The minimum atomic E-state index is 0.419. The van der Waals surface area contributed by atoms with E-state index in [1.165, 1.54) is 51.7 Å². The van der Waals surface area contributed by atoms with Gasteiger partial charge in [0.05, 0.1) is 0 Å². The standard InChI is InChI=1S/C16H34N2/c1-6-15-12-18(11-9-10-14(4)5)16(7-2,8-3)13-17-15/h14-15,17H,6-13H2,1-5H3. The van der Waals surface area contributed by atoms with Gasteiger partial charge < -0.3 is 5.32 Å². The van der Waals surface area contributed by atoms with Crippen molar-refractivity contribution in [1.29, 1.82) is 0 Å². The fourth-order valence-electron chi connectivity index (χ4n) is 3.21. The summed E-state index contributed by atoms with van der Waals surface area (Å²) in [4.78, 5) is 2.79. The van der Waals surface area contributed by atoms with Crippen molar-refractivity contribution in [2.45, 2.75) is 78.3 Å². The Morgan fingerprint density at radius 1 is 1.22 bits per heavy atom. The third-order valence-corrected chi connectivity index (χ3v) is 4.85. The number of hydrogen-bond donors (Lipinski definition) is 1. The Morgan fingerprint density at radius 3 is 2.39 bits per heavy atom. The second-order valence-electron chi connectivity index (χ2n) is 6.40. The fraction of sp³-hybridized carbons (Fsp3) is 1.00. The lowest BCUT2D eigenvalue weighted by atomic mass is 9.86. The topological polar surface area (TPSA) is 15.3 Å². The highest BCUT2D eigenvalue weighted by Gasteiger charge is 2.37. The summed E-state index contributed by atoms with van der Waals surface area (Å²) in [7, 11) is 0. The molecule has 1 rings (SSSR count). The van der Waals surface area contributed by atoms with Crippen LogP contribution in [0, 0.1) is 5.92 Å². The van der Waals surface area contributed by atoms with E-state index in [4.69, 9.17) is 0 Å². The number of nitrogens with zero attached hydrogens (tertiary/aromatic N) is 1. The SMILES string of the molecule is CCC1CN(CCCC(C)C)C(CC)(CC)CN1. The second kappa shape index (κ2) is 7.49. The van der Waals surface area contributed by atoms with Gasteiger partial charge in [-0.1, -0.05) is 34.6 Å². The molecule has 0 spiro atoms. The summed E-state index contributed by atoms with van der Waals surface area (Å²) >= 11 is 0. The Kier molecular flexibility index (Phi) is 6.65. The Bertz CT molecular complexity index is 221. The zero-order valence-corrected chi connectivity index (χ0v) is 13.3. The lowest BCUT2D eigenvalue weighted by molar-refractivity contribution is 0.0289. The van der Waals surface area contributed by atoms with Gasteiger partial charge in [-0.05, 0) is 44.6 Å². The monoisotopic (exact) mass is 254 g/mol. The van der Waals surface area contributed by atoms with Crippen LogP contribution in [0.1, 0.15) is 66.7 Å². The van der Waals surface area contributed by atoms with Gasteiger partial charge in [-0.2, -0.15) is 0 Å². The van der Waals surface area contributed by atoms with Crippen LogP contribution in [0.4, 0.5) is 0 Å². The molecular formula is C16H34N2. The Hall–Kier alpha value is -0.0800. The van der Waals surface area contributed by atoms with E-state index in [-0.39, 0.29) is 0 Å². The summed E-state index contributed by atoms with van der Waals surface area (Å²) in [6.45, 7) is 15.4. The molecule has 1 aliphatic heterocycles. The van der Waals surface area contributed by atoms with Gasteiger partial charge in [0.1, 0.15) is 0 Å². The number of hydrogen-bond acceptors (Lipinski definition) is 2. The van der Waals surface area contributed by atoms with Crippen molar-refractivity contribution in [2.75, 3.05) is 19.6 Å². The molecule has 0 amide bonds. The smallest absolute Gasteiger partial charge is 0.0329 e. The summed E-state index contributed by atoms with van der Waals surface area (Å²) in [5, 5.41) is 3.75. The number of rotatable bonds is 7. The van der Waals surface area contributed by atoms with E-state index in [1.807, 2.05) is 0 Å². The molecular weight excluding hydrogens is 220 g/mol. The molecule has 2 heteroatoms. The zero-order valence-electron chi connectivity index (χ0n) is 13.3. The molecule has 0 radical (unpaired) electrons. The van der Waals surface area contributed by atoms with Gasteiger partial charge >= 0.3 is 0 Å². The van der Waals surface area contributed by atoms with Crippen LogP contribution in [0.3, 0.4) is 0 Å². The predicted octanol–water partition coefficient (Wildman–Crippen LogP) is 3.67. The summed E-state index contributed by atoms with van der Waals surface area (Å²) in [6.07, 6.45) is 6.52. The van der Waals surface area contributed by atoms with Crippen molar-refractivity contribution in [2.24, 2.45) is 5.92 Å². The minimum Gasteiger partial charge on any atom is -0.311 e. The molecule has 0 saturated carbocycles. The average Bonchev–Trinajstić information content (AvgIpc) is 2.38. The summed E-state index contributed by atoms with van der Waals surface area (Å²) < 4.78 is 0. The highest BCUT2D eigenvalue weighted by atomic mass is 15.3. The summed E-state index contributed by atoms with van der Waals surface area (Å²) in [5.74, 6) is 0.840. The van der Waals surface area contributed by atoms with Gasteiger partial charge in [0, 0.05) is 24.7 Å². The van der Waals surface area contributed by atoms with Crippen LogP contribution in [0.15, 0.2) is 0 Å². The lowest BCUT2D eigenvalue weighted by Crippen LogP contribution is -2.64. The van der Waals surface area contributed by atoms with Crippen LogP contribution in [-0.2, 0) is 0 Å². The van der Waals surface area contributed by atoms with Crippen molar-refractivity contribution < 1.29 is 0 Å². The second-order valence-corrected chi connectivity index (χ2v) is 6.40. The Labute approximate surface area is 115 Å². The highest BCUT2D eigenvalue weighted by molar-refractivity contribution is 4.97. The fourth-order valence-corrected chi connectivity index (χ4v) is 3.21. The molecule has 1 aliphatic rings. The van der Waals surface area contributed by atoms with Gasteiger partial charge in [-0.15, -0.1) is 0 Å². The molecule has 1 saturated heterocycles. The van der Waals surface area contributed by atoms with Crippen molar-refractivity contribution >= 4 is 0 Å². The molecule has 0 aliphatic carbocycles. The summed E-state index contributed by atoms with van der Waals surface area (Å²) in [6, 6.07) is 0.704. The maximum atomic E-state index is 3.75. The quantitative estimate of drug-likeness (QED) is 0.746. The van der Waals surface area contributed by atoms with Crippen molar-refractivity contribution in [3.05, 3.63) is 0 Å².